The highest BCUT2D eigenvalue weighted by atomic mass is 35.5. The Kier molecular flexibility index (Phi) is 4.90. The van der Waals surface area contributed by atoms with Crippen molar-refractivity contribution in [2.45, 2.75) is 19.9 Å². The van der Waals surface area contributed by atoms with Crippen molar-refractivity contribution in [1.82, 2.24) is 0 Å². The molecule has 1 atom stereocenters. The van der Waals surface area contributed by atoms with Crippen LogP contribution in [0.1, 0.15) is 13.8 Å². The second-order valence-corrected chi connectivity index (χ2v) is 4.48. The predicted octanol–water partition coefficient (Wildman–Crippen LogP) is 2.74. The molecule has 3 nitrogen and oxygen atoms in total. The average molecular weight is 243 g/mol. The molecule has 0 amide bonds. The van der Waals surface area contributed by atoms with Gasteiger partial charge in [-0.1, -0.05) is 25.4 Å². The monoisotopic (exact) mass is 242 g/mol. The summed E-state index contributed by atoms with van der Waals surface area (Å²) in [5, 5.41) is 3.99. The van der Waals surface area contributed by atoms with E-state index in [9.17, 15) is 0 Å². The lowest BCUT2D eigenvalue weighted by Crippen LogP contribution is -2.33. The second-order valence-electron chi connectivity index (χ2n) is 4.08. The van der Waals surface area contributed by atoms with E-state index in [2.05, 4.69) is 19.2 Å². The van der Waals surface area contributed by atoms with E-state index in [4.69, 9.17) is 22.1 Å². The van der Waals surface area contributed by atoms with Crippen molar-refractivity contribution in [3.8, 4) is 5.75 Å². The Morgan fingerprint density at radius 1 is 1.44 bits per heavy atom. The minimum atomic E-state index is 0.228. The zero-order valence-electron chi connectivity index (χ0n) is 9.96. The first-order valence-corrected chi connectivity index (χ1v) is 5.76. The molecule has 0 fully saturated rings. The summed E-state index contributed by atoms with van der Waals surface area (Å²) in [4.78, 5) is 0. The van der Waals surface area contributed by atoms with Gasteiger partial charge in [0.05, 0.1) is 17.8 Å². The maximum Gasteiger partial charge on any atom is 0.120 e. The molecule has 0 spiro atoms. The van der Waals surface area contributed by atoms with Crippen LogP contribution in [-0.4, -0.2) is 19.7 Å². The van der Waals surface area contributed by atoms with Crippen molar-refractivity contribution >= 4 is 17.3 Å². The summed E-state index contributed by atoms with van der Waals surface area (Å²) in [5.74, 6) is 1.22. The Hall–Kier alpha value is -0.930. The number of hydrogen-bond donors (Lipinski definition) is 2. The Labute approximate surface area is 102 Å². The quantitative estimate of drug-likeness (QED) is 0.835. The Morgan fingerprint density at radius 2 is 2.12 bits per heavy atom. The van der Waals surface area contributed by atoms with Crippen LogP contribution in [-0.2, 0) is 0 Å². The number of benzene rings is 1. The molecule has 0 aliphatic rings. The fourth-order valence-electron chi connectivity index (χ4n) is 1.44. The van der Waals surface area contributed by atoms with E-state index in [1.54, 1.807) is 13.2 Å². The molecule has 90 valence electrons. The number of methoxy groups -OCH3 is 1. The first-order chi connectivity index (χ1) is 7.58. The SMILES string of the molecule is COc1ccc(NC(CN)C(C)C)c(Cl)c1. The molecule has 0 aliphatic carbocycles. The molecule has 0 radical (unpaired) electrons. The standard InChI is InChI=1S/C12H19ClN2O/c1-8(2)12(7-14)15-11-5-4-9(16-3)6-10(11)13/h4-6,8,12,15H,7,14H2,1-3H3. The van der Waals surface area contributed by atoms with E-state index < -0.39 is 0 Å². The zero-order valence-corrected chi connectivity index (χ0v) is 10.7. The van der Waals surface area contributed by atoms with Gasteiger partial charge in [-0.2, -0.15) is 0 Å². The van der Waals surface area contributed by atoms with Gasteiger partial charge >= 0.3 is 0 Å². The van der Waals surface area contributed by atoms with E-state index in [0.29, 0.717) is 17.5 Å². The summed E-state index contributed by atoms with van der Waals surface area (Å²) in [6.45, 7) is 4.84. The number of nitrogens with two attached hydrogens (primary N) is 1. The maximum atomic E-state index is 6.13. The Bertz CT molecular complexity index is 342. The van der Waals surface area contributed by atoms with Gasteiger partial charge in [0.15, 0.2) is 0 Å². The molecule has 0 aliphatic heterocycles. The van der Waals surface area contributed by atoms with Crippen LogP contribution in [0.2, 0.25) is 5.02 Å². The zero-order chi connectivity index (χ0) is 12.1. The highest BCUT2D eigenvalue weighted by Gasteiger charge is 2.12. The van der Waals surface area contributed by atoms with Crippen LogP contribution in [0.15, 0.2) is 18.2 Å². The fourth-order valence-corrected chi connectivity index (χ4v) is 1.66. The largest absolute Gasteiger partial charge is 0.497 e. The summed E-state index contributed by atoms with van der Waals surface area (Å²) in [5.41, 5.74) is 6.59. The van der Waals surface area contributed by atoms with Crippen molar-refractivity contribution in [1.29, 1.82) is 0 Å². The summed E-state index contributed by atoms with van der Waals surface area (Å²) in [6.07, 6.45) is 0. The molecule has 16 heavy (non-hydrogen) atoms. The first-order valence-electron chi connectivity index (χ1n) is 5.38. The average Bonchev–Trinajstić information content (AvgIpc) is 2.26. The third kappa shape index (κ3) is 3.29. The van der Waals surface area contributed by atoms with Gasteiger partial charge < -0.3 is 15.8 Å². The summed E-state index contributed by atoms with van der Waals surface area (Å²) in [6, 6.07) is 5.80. The van der Waals surface area contributed by atoms with Gasteiger partial charge in [-0.05, 0) is 18.1 Å². The summed E-state index contributed by atoms with van der Waals surface area (Å²) < 4.78 is 5.09. The highest BCUT2D eigenvalue weighted by Crippen LogP contribution is 2.27. The minimum Gasteiger partial charge on any atom is -0.497 e. The van der Waals surface area contributed by atoms with Crippen LogP contribution in [0.3, 0.4) is 0 Å². The van der Waals surface area contributed by atoms with E-state index in [-0.39, 0.29) is 6.04 Å². The fraction of sp³-hybridized carbons (Fsp3) is 0.500. The van der Waals surface area contributed by atoms with Gasteiger partial charge in [-0.25, -0.2) is 0 Å². The summed E-state index contributed by atoms with van der Waals surface area (Å²) >= 11 is 6.13. The number of hydrogen-bond acceptors (Lipinski definition) is 3. The second kappa shape index (κ2) is 5.97. The van der Waals surface area contributed by atoms with E-state index in [1.807, 2.05) is 12.1 Å². The Balaban J connectivity index is 2.80. The molecule has 4 heteroatoms. The van der Waals surface area contributed by atoms with Crippen LogP contribution < -0.4 is 15.8 Å². The lowest BCUT2D eigenvalue weighted by atomic mass is 10.0. The lowest BCUT2D eigenvalue weighted by molar-refractivity contribution is 0.415. The first kappa shape index (κ1) is 13.1. The molecule has 1 aromatic rings. The van der Waals surface area contributed by atoms with Crippen LogP contribution in [0.25, 0.3) is 0 Å². The van der Waals surface area contributed by atoms with Gasteiger partial charge in [-0.3, -0.25) is 0 Å². The van der Waals surface area contributed by atoms with E-state index >= 15 is 0 Å². The molecular formula is C12H19ClN2O. The maximum absolute atomic E-state index is 6.13. The minimum absolute atomic E-state index is 0.228. The molecule has 1 unspecified atom stereocenters. The van der Waals surface area contributed by atoms with Crippen molar-refractivity contribution in [2.75, 3.05) is 19.0 Å². The molecule has 0 saturated carbocycles. The van der Waals surface area contributed by atoms with Crippen LogP contribution >= 0.6 is 11.6 Å². The summed E-state index contributed by atoms with van der Waals surface area (Å²) in [7, 11) is 1.62. The topological polar surface area (TPSA) is 47.3 Å². The number of halogens is 1. The highest BCUT2D eigenvalue weighted by molar-refractivity contribution is 6.33. The third-order valence-electron chi connectivity index (χ3n) is 2.58. The third-order valence-corrected chi connectivity index (χ3v) is 2.89. The van der Waals surface area contributed by atoms with Crippen LogP contribution in [0.4, 0.5) is 5.69 Å². The molecule has 1 rings (SSSR count). The van der Waals surface area contributed by atoms with Crippen molar-refractivity contribution < 1.29 is 4.74 Å². The van der Waals surface area contributed by atoms with Gasteiger partial charge in [0.25, 0.3) is 0 Å². The van der Waals surface area contributed by atoms with Crippen LogP contribution in [0, 0.1) is 5.92 Å². The molecular weight excluding hydrogens is 224 g/mol. The van der Waals surface area contributed by atoms with Gasteiger partial charge in [0.1, 0.15) is 5.75 Å². The van der Waals surface area contributed by atoms with E-state index in [1.165, 1.54) is 0 Å². The molecule has 1 aromatic carbocycles. The molecule has 0 saturated heterocycles. The van der Waals surface area contributed by atoms with Gasteiger partial charge in [0.2, 0.25) is 0 Å². The van der Waals surface area contributed by atoms with Crippen molar-refractivity contribution in [2.24, 2.45) is 11.7 Å². The lowest BCUT2D eigenvalue weighted by Gasteiger charge is -2.22. The predicted molar refractivity (Wildman–Crippen MR) is 69.3 cm³/mol. The van der Waals surface area contributed by atoms with Gasteiger partial charge in [0, 0.05) is 18.7 Å². The number of rotatable bonds is 5. The molecule has 0 heterocycles. The normalized spacial score (nSPS) is 12.6. The Morgan fingerprint density at radius 3 is 2.56 bits per heavy atom. The smallest absolute Gasteiger partial charge is 0.120 e. The number of ether oxygens (including phenoxy) is 1. The van der Waals surface area contributed by atoms with Crippen molar-refractivity contribution in [3.63, 3.8) is 0 Å². The van der Waals surface area contributed by atoms with E-state index in [0.717, 1.165) is 11.4 Å². The number of anilines is 1. The number of nitrogens with one attached hydrogen (secondary N) is 1. The molecule has 3 N–H and O–H groups in total. The van der Waals surface area contributed by atoms with Crippen molar-refractivity contribution in [3.05, 3.63) is 23.2 Å². The van der Waals surface area contributed by atoms with Gasteiger partial charge in [-0.15, -0.1) is 0 Å². The molecule has 0 aromatic heterocycles. The molecule has 0 bridgehead atoms. The van der Waals surface area contributed by atoms with Crippen LogP contribution in [0.5, 0.6) is 5.75 Å².